The van der Waals surface area contributed by atoms with Gasteiger partial charge in [0.25, 0.3) is 5.91 Å². The van der Waals surface area contributed by atoms with E-state index in [0.29, 0.717) is 12.6 Å². The fraction of sp³-hybridized carbons (Fsp3) is 0.533. The number of carbonyl (C=O) groups excluding carboxylic acids is 1. The number of hydrogen-bond donors (Lipinski definition) is 2. The second-order valence-electron chi connectivity index (χ2n) is 5.27. The fourth-order valence-electron chi connectivity index (χ4n) is 2.24. The molecule has 1 aromatic carbocycles. The van der Waals surface area contributed by atoms with Crippen LogP contribution in [0.15, 0.2) is 24.3 Å². The SMILES string of the molecule is CNC(C)c1ccc(NC(=O)C2(C)CCCO2)cc1. The molecule has 4 nitrogen and oxygen atoms in total. The highest BCUT2D eigenvalue weighted by molar-refractivity contribution is 5.97. The van der Waals surface area contributed by atoms with Gasteiger partial charge < -0.3 is 15.4 Å². The lowest BCUT2D eigenvalue weighted by atomic mass is 10.0. The molecule has 104 valence electrons. The summed E-state index contributed by atoms with van der Waals surface area (Å²) in [6.45, 7) is 4.62. The van der Waals surface area contributed by atoms with Crippen LogP contribution in [0.1, 0.15) is 38.3 Å². The quantitative estimate of drug-likeness (QED) is 0.876. The Morgan fingerprint density at radius 2 is 2.05 bits per heavy atom. The summed E-state index contributed by atoms with van der Waals surface area (Å²) in [5.74, 6) is -0.0561. The first-order chi connectivity index (χ1) is 9.05. The summed E-state index contributed by atoms with van der Waals surface area (Å²) in [4.78, 5) is 12.2. The zero-order chi connectivity index (χ0) is 13.9. The van der Waals surface area contributed by atoms with Crippen LogP contribution in [0, 0.1) is 0 Å². The van der Waals surface area contributed by atoms with Gasteiger partial charge in [-0.1, -0.05) is 12.1 Å². The van der Waals surface area contributed by atoms with Gasteiger partial charge >= 0.3 is 0 Å². The number of carbonyl (C=O) groups is 1. The van der Waals surface area contributed by atoms with Crippen molar-refractivity contribution in [3.63, 3.8) is 0 Å². The summed E-state index contributed by atoms with van der Waals surface area (Å²) in [6.07, 6.45) is 1.73. The minimum atomic E-state index is -0.670. The summed E-state index contributed by atoms with van der Waals surface area (Å²) >= 11 is 0. The van der Waals surface area contributed by atoms with Gasteiger partial charge in [-0.2, -0.15) is 0 Å². The second-order valence-corrected chi connectivity index (χ2v) is 5.27. The molecule has 2 atom stereocenters. The fourth-order valence-corrected chi connectivity index (χ4v) is 2.24. The van der Waals surface area contributed by atoms with Crippen molar-refractivity contribution in [3.05, 3.63) is 29.8 Å². The van der Waals surface area contributed by atoms with E-state index in [2.05, 4.69) is 17.6 Å². The zero-order valence-electron chi connectivity index (χ0n) is 11.8. The molecule has 4 heteroatoms. The van der Waals surface area contributed by atoms with Crippen molar-refractivity contribution >= 4 is 11.6 Å². The molecular weight excluding hydrogens is 240 g/mol. The van der Waals surface area contributed by atoms with Crippen LogP contribution in [0.2, 0.25) is 0 Å². The van der Waals surface area contributed by atoms with Gasteiger partial charge in [0.2, 0.25) is 0 Å². The van der Waals surface area contributed by atoms with Gasteiger partial charge in [-0.3, -0.25) is 4.79 Å². The predicted molar refractivity (Wildman–Crippen MR) is 76.1 cm³/mol. The number of rotatable bonds is 4. The molecule has 0 radical (unpaired) electrons. The molecule has 1 saturated heterocycles. The Balaban J connectivity index is 2.01. The van der Waals surface area contributed by atoms with Crippen molar-refractivity contribution in [2.24, 2.45) is 0 Å². The van der Waals surface area contributed by atoms with Crippen LogP contribution in [0.3, 0.4) is 0 Å². The predicted octanol–water partition coefficient (Wildman–Crippen LogP) is 2.47. The first kappa shape index (κ1) is 14.0. The van der Waals surface area contributed by atoms with Crippen LogP contribution in [-0.2, 0) is 9.53 Å². The Bertz CT molecular complexity index is 436. The summed E-state index contributed by atoms with van der Waals surface area (Å²) in [7, 11) is 1.93. The number of amides is 1. The van der Waals surface area contributed by atoms with Gasteiger partial charge in [-0.15, -0.1) is 0 Å². The summed E-state index contributed by atoms with van der Waals surface area (Å²) < 4.78 is 5.53. The Morgan fingerprint density at radius 1 is 1.37 bits per heavy atom. The average Bonchev–Trinajstić information content (AvgIpc) is 2.87. The van der Waals surface area contributed by atoms with E-state index in [1.54, 1.807) is 0 Å². The topological polar surface area (TPSA) is 50.4 Å². The monoisotopic (exact) mass is 262 g/mol. The molecular formula is C15H22N2O2. The van der Waals surface area contributed by atoms with E-state index in [4.69, 9.17) is 4.74 Å². The molecule has 1 aromatic rings. The van der Waals surface area contributed by atoms with Crippen molar-refractivity contribution in [2.45, 2.75) is 38.3 Å². The summed E-state index contributed by atoms with van der Waals surface area (Å²) in [5, 5.41) is 6.11. The van der Waals surface area contributed by atoms with E-state index < -0.39 is 5.60 Å². The second kappa shape index (κ2) is 5.72. The number of hydrogen-bond acceptors (Lipinski definition) is 3. The summed E-state index contributed by atoms with van der Waals surface area (Å²) in [6, 6.07) is 8.21. The van der Waals surface area contributed by atoms with E-state index in [1.807, 2.05) is 38.2 Å². The maximum atomic E-state index is 12.2. The molecule has 2 unspecified atom stereocenters. The first-order valence-corrected chi connectivity index (χ1v) is 6.78. The number of anilines is 1. The molecule has 0 aromatic heterocycles. The molecule has 1 amide bonds. The van der Waals surface area contributed by atoms with Gasteiger partial charge in [-0.25, -0.2) is 0 Å². The van der Waals surface area contributed by atoms with Crippen molar-refractivity contribution in [2.75, 3.05) is 19.0 Å². The lowest BCUT2D eigenvalue weighted by molar-refractivity contribution is -0.133. The Kier molecular flexibility index (Phi) is 4.22. The Hall–Kier alpha value is -1.39. The molecule has 1 aliphatic heterocycles. The summed E-state index contributed by atoms with van der Waals surface area (Å²) in [5.41, 5.74) is 1.34. The van der Waals surface area contributed by atoms with E-state index >= 15 is 0 Å². The third-order valence-corrected chi connectivity index (χ3v) is 3.80. The molecule has 19 heavy (non-hydrogen) atoms. The van der Waals surface area contributed by atoms with Crippen LogP contribution >= 0.6 is 0 Å². The van der Waals surface area contributed by atoms with Gasteiger partial charge in [0, 0.05) is 18.3 Å². The van der Waals surface area contributed by atoms with Gasteiger partial charge in [0.05, 0.1) is 0 Å². The van der Waals surface area contributed by atoms with Gasteiger partial charge in [0.1, 0.15) is 5.60 Å². The van der Waals surface area contributed by atoms with E-state index in [-0.39, 0.29) is 5.91 Å². The lowest BCUT2D eigenvalue weighted by Gasteiger charge is -2.22. The lowest BCUT2D eigenvalue weighted by Crippen LogP contribution is -2.39. The maximum absolute atomic E-state index is 12.2. The molecule has 0 saturated carbocycles. The molecule has 0 bridgehead atoms. The van der Waals surface area contributed by atoms with Crippen LogP contribution < -0.4 is 10.6 Å². The van der Waals surface area contributed by atoms with Crippen molar-refractivity contribution < 1.29 is 9.53 Å². The van der Waals surface area contributed by atoms with Crippen molar-refractivity contribution in [1.29, 1.82) is 0 Å². The Labute approximate surface area is 114 Å². The van der Waals surface area contributed by atoms with Crippen LogP contribution in [0.25, 0.3) is 0 Å². The van der Waals surface area contributed by atoms with E-state index in [0.717, 1.165) is 18.5 Å². The van der Waals surface area contributed by atoms with E-state index in [9.17, 15) is 4.79 Å². The molecule has 1 heterocycles. The van der Waals surface area contributed by atoms with Gasteiger partial charge in [0.15, 0.2) is 0 Å². The van der Waals surface area contributed by atoms with Gasteiger partial charge in [-0.05, 0) is 51.4 Å². The number of ether oxygens (including phenoxy) is 1. The van der Waals surface area contributed by atoms with Crippen molar-refractivity contribution in [1.82, 2.24) is 5.32 Å². The first-order valence-electron chi connectivity index (χ1n) is 6.78. The normalized spacial score (nSPS) is 24.2. The van der Waals surface area contributed by atoms with Crippen LogP contribution in [-0.4, -0.2) is 25.2 Å². The molecule has 1 fully saturated rings. The molecule has 1 aliphatic rings. The van der Waals surface area contributed by atoms with Crippen LogP contribution in [0.4, 0.5) is 5.69 Å². The highest BCUT2D eigenvalue weighted by Gasteiger charge is 2.37. The molecule has 2 N–H and O–H groups in total. The highest BCUT2D eigenvalue weighted by atomic mass is 16.5. The van der Waals surface area contributed by atoms with Crippen molar-refractivity contribution in [3.8, 4) is 0 Å². The Morgan fingerprint density at radius 3 is 2.58 bits per heavy atom. The number of nitrogens with one attached hydrogen (secondary N) is 2. The highest BCUT2D eigenvalue weighted by Crippen LogP contribution is 2.26. The standard InChI is InChI=1S/C15H22N2O2/c1-11(16-3)12-5-7-13(8-6-12)17-14(18)15(2)9-4-10-19-15/h5-8,11,16H,4,9-10H2,1-3H3,(H,17,18). The third-order valence-electron chi connectivity index (χ3n) is 3.80. The largest absolute Gasteiger partial charge is 0.365 e. The number of benzene rings is 1. The molecule has 2 rings (SSSR count). The average molecular weight is 262 g/mol. The smallest absolute Gasteiger partial charge is 0.256 e. The minimum absolute atomic E-state index is 0.0561. The third kappa shape index (κ3) is 3.14. The zero-order valence-corrected chi connectivity index (χ0v) is 11.8. The van der Waals surface area contributed by atoms with E-state index in [1.165, 1.54) is 5.56 Å². The molecule has 0 spiro atoms. The maximum Gasteiger partial charge on any atom is 0.256 e. The molecule has 0 aliphatic carbocycles. The minimum Gasteiger partial charge on any atom is -0.365 e. The van der Waals surface area contributed by atoms with Crippen LogP contribution in [0.5, 0.6) is 0 Å².